The maximum Gasteiger partial charge on any atom is 0.249 e. The van der Waals surface area contributed by atoms with Gasteiger partial charge in [-0.05, 0) is 57.2 Å². The molecule has 0 spiro atoms. The summed E-state index contributed by atoms with van der Waals surface area (Å²) >= 11 is 0. The Labute approximate surface area is 220 Å². The van der Waals surface area contributed by atoms with Crippen molar-refractivity contribution in [1.29, 1.82) is 0 Å². The molecule has 38 heavy (non-hydrogen) atoms. The minimum atomic E-state index is -1.23. The van der Waals surface area contributed by atoms with Gasteiger partial charge >= 0.3 is 0 Å². The summed E-state index contributed by atoms with van der Waals surface area (Å²) in [6.45, 7) is 5.25. The van der Waals surface area contributed by atoms with E-state index in [1.165, 1.54) is 42.0 Å². The highest BCUT2D eigenvalue weighted by Crippen LogP contribution is 2.39. The summed E-state index contributed by atoms with van der Waals surface area (Å²) in [6, 6.07) is 16.6. The van der Waals surface area contributed by atoms with Crippen LogP contribution < -0.4 is 19.7 Å². The lowest BCUT2D eigenvalue weighted by Gasteiger charge is -2.34. The summed E-state index contributed by atoms with van der Waals surface area (Å²) < 4.78 is 27.0. The van der Waals surface area contributed by atoms with E-state index >= 15 is 0 Å². The van der Waals surface area contributed by atoms with Gasteiger partial charge in [0.1, 0.15) is 23.9 Å². The van der Waals surface area contributed by atoms with Crippen molar-refractivity contribution < 1.29 is 23.5 Å². The van der Waals surface area contributed by atoms with E-state index in [1.54, 1.807) is 36.4 Å². The van der Waals surface area contributed by atoms with E-state index in [4.69, 9.17) is 9.47 Å². The zero-order valence-electron chi connectivity index (χ0n) is 21.9. The molecule has 1 heterocycles. The fraction of sp³-hybridized carbons (Fsp3) is 0.286. The standard InChI is InChI=1S/C28H30FN5O4/c1-28(2,3)30-27(36)25(20-12-9-15-23(37-4)26(20)38-5)34(19-11-8-10-18(29)16-19)24(35)17-33-22-14-7-6-13-21(22)31-32-33/h6-16,25H,17H2,1-5H3,(H,30,36)/t25-/m0/s1. The Balaban J connectivity index is 1.90. The number of fused-ring (bicyclic) bond motifs is 1. The summed E-state index contributed by atoms with van der Waals surface area (Å²) in [4.78, 5) is 29.2. The van der Waals surface area contributed by atoms with Crippen LogP contribution in [0.1, 0.15) is 32.4 Å². The summed E-state index contributed by atoms with van der Waals surface area (Å²) in [5.74, 6) is -0.883. The van der Waals surface area contributed by atoms with Crippen LogP contribution in [0.25, 0.3) is 11.0 Å². The highest BCUT2D eigenvalue weighted by Gasteiger charge is 2.37. The number of hydrogen-bond donors (Lipinski definition) is 1. The molecular weight excluding hydrogens is 489 g/mol. The Kier molecular flexibility index (Phi) is 7.61. The van der Waals surface area contributed by atoms with Crippen molar-refractivity contribution in [2.75, 3.05) is 19.1 Å². The molecule has 9 nitrogen and oxygen atoms in total. The van der Waals surface area contributed by atoms with Gasteiger partial charge in [0.2, 0.25) is 11.8 Å². The number of aromatic nitrogens is 3. The number of para-hydroxylation sites is 2. The first-order chi connectivity index (χ1) is 18.1. The van der Waals surface area contributed by atoms with Crippen LogP contribution in [0, 0.1) is 5.82 Å². The van der Waals surface area contributed by atoms with Gasteiger partial charge in [-0.2, -0.15) is 0 Å². The van der Waals surface area contributed by atoms with E-state index in [9.17, 15) is 14.0 Å². The van der Waals surface area contributed by atoms with Crippen LogP contribution in [0.4, 0.5) is 10.1 Å². The fourth-order valence-electron chi connectivity index (χ4n) is 4.26. The van der Waals surface area contributed by atoms with Crippen molar-refractivity contribution in [3.05, 3.63) is 78.1 Å². The van der Waals surface area contributed by atoms with Crippen LogP contribution in [-0.4, -0.2) is 46.6 Å². The number of nitrogens with zero attached hydrogens (tertiary/aromatic N) is 4. The number of halogens is 1. The lowest BCUT2D eigenvalue weighted by atomic mass is 9.99. The third-order valence-electron chi connectivity index (χ3n) is 5.79. The van der Waals surface area contributed by atoms with Gasteiger partial charge in [0.05, 0.1) is 19.7 Å². The number of anilines is 1. The largest absolute Gasteiger partial charge is 0.493 e. The minimum Gasteiger partial charge on any atom is -0.493 e. The molecule has 4 aromatic rings. The second-order valence-corrected chi connectivity index (χ2v) is 9.70. The molecule has 0 saturated heterocycles. The van der Waals surface area contributed by atoms with E-state index in [0.29, 0.717) is 22.3 Å². The molecule has 1 N–H and O–H groups in total. The summed E-state index contributed by atoms with van der Waals surface area (Å²) in [5.41, 5.74) is 1.21. The third kappa shape index (κ3) is 5.59. The number of hydrogen-bond acceptors (Lipinski definition) is 6. The van der Waals surface area contributed by atoms with Gasteiger partial charge in [-0.25, -0.2) is 9.07 Å². The van der Waals surface area contributed by atoms with Gasteiger partial charge in [0, 0.05) is 16.8 Å². The normalized spacial score (nSPS) is 12.2. The Morgan fingerprint density at radius 2 is 1.76 bits per heavy atom. The molecule has 0 saturated carbocycles. The average Bonchev–Trinajstić information content (AvgIpc) is 3.28. The molecule has 0 unspecified atom stereocenters. The van der Waals surface area contributed by atoms with Crippen LogP contribution in [-0.2, 0) is 16.1 Å². The van der Waals surface area contributed by atoms with Crippen LogP contribution in [0.15, 0.2) is 66.7 Å². The van der Waals surface area contributed by atoms with E-state index in [-0.39, 0.29) is 18.0 Å². The number of methoxy groups -OCH3 is 2. The van der Waals surface area contributed by atoms with Gasteiger partial charge in [0.25, 0.3) is 0 Å². The lowest BCUT2D eigenvalue weighted by molar-refractivity contribution is -0.128. The van der Waals surface area contributed by atoms with E-state index < -0.39 is 29.2 Å². The zero-order chi connectivity index (χ0) is 27.4. The second kappa shape index (κ2) is 10.9. The predicted molar refractivity (Wildman–Crippen MR) is 142 cm³/mol. The number of nitrogens with one attached hydrogen (secondary N) is 1. The molecule has 198 valence electrons. The summed E-state index contributed by atoms with van der Waals surface area (Å²) in [6.07, 6.45) is 0. The summed E-state index contributed by atoms with van der Waals surface area (Å²) in [7, 11) is 2.94. The van der Waals surface area contributed by atoms with E-state index in [2.05, 4.69) is 15.6 Å². The van der Waals surface area contributed by atoms with Crippen LogP contribution in [0.3, 0.4) is 0 Å². The monoisotopic (exact) mass is 519 g/mol. The molecule has 0 bridgehead atoms. The van der Waals surface area contributed by atoms with Crippen molar-refractivity contribution in [3.63, 3.8) is 0 Å². The molecule has 1 atom stereocenters. The number of benzene rings is 3. The van der Waals surface area contributed by atoms with Crippen molar-refractivity contribution in [2.24, 2.45) is 0 Å². The zero-order valence-corrected chi connectivity index (χ0v) is 21.9. The minimum absolute atomic E-state index is 0.193. The highest BCUT2D eigenvalue weighted by atomic mass is 19.1. The molecule has 0 fully saturated rings. The van der Waals surface area contributed by atoms with Gasteiger partial charge in [-0.15, -0.1) is 5.10 Å². The number of amides is 2. The number of ether oxygens (including phenoxy) is 2. The van der Waals surface area contributed by atoms with Crippen LogP contribution >= 0.6 is 0 Å². The van der Waals surface area contributed by atoms with E-state index in [1.807, 2.05) is 32.9 Å². The van der Waals surface area contributed by atoms with Gasteiger partial charge < -0.3 is 14.8 Å². The highest BCUT2D eigenvalue weighted by molar-refractivity contribution is 6.02. The smallest absolute Gasteiger partial charge is 0.249 e. The van der Waals surface area contributed by atoms with Crippen molar-refractivity contribution in [1.82, 2.24) is 20.3 Å². The van der Waals surface area contributed by atoms with Gasteiger partial charge in [0.15, 0.2) is 11.5 Å². The maximum absolute atomic E-state index is 14.5. The SMILES string of the molecule is COc1cccc([C@@H](C(=O)NC(C)(C)C)N(C(=O)Cn2nnc3ccccc32)c2cccc(F)c2)c1OC. The molecule has 4 rings (SSSR count). The first-order valence-corrected chi connectivity index (χ1v) is 12.0. The molecule has 0 aliphatic heterocycles. The second-order valence-electron chi connectivity index (χ2n) is 9.70. The Hall–Kier alpha value is -4.47. The topological polar surface area (TPSA) is 98.6 Å². The van der Waals surface area contributed by atoms with Gasteiger partial charge in [-0.3, -0.25) is 14.5 Å². The number of rotatable bonds is 8. The van der Waals surface area contributed by atoms with Crippen LogP contribution in [0.2, 0.25) is 0 Å². The van der Waals surface area contributed by atoms with E-state index in [0.717, 1.165) is 0 Å². The van der Waals surface area contributed by atoms with Crippen molar-refractivity contribution in [3.8, 4) is 11.5 Å². The number of carbonyl (C=O) groups is 2. The Morgan fingerprint density at radius 3 is 2.45 bits per heavy atom. The lowest BCUT2D eigenvalue weighted by Crippen LogP contribution is -2.50. The van der Waals surface area contributed by atoms with Crippen molar-refractivity contribution >= 4 is 28.5 Å². The maximum atomic E-state index is 14.5. The van der Waals surface area contributed by atoms with Crippen LogP contribution in [0.5, 0.6) is 11.5 Å². The molecule has 10 heteroatoms. The molecular formula is C28H30FN5O4. The first-order valence-electron chi connectivity index (χ1n) is 12.0. The molecule has 2 amide bonds. The Morgan fingerprint density at radius 1 is 1.03 bits per heavy atom. The van der Waals surface area contributed by atoms with Crippen molar-refractivity contribution in [2.45, 2.75) is 38.9 Å². The van der Waals surface area contributed by atoms with Gasteiger partial charge in [-0.1, -0.05) is 35.5 Å². The Bertz CT molecular complexity index is 1460. The average molecular weight is 520 g/mol. The molecule has 3 aromatic carbocycles. The number of carbonyl (C=O) groups excluding carboxylic acids is 2. The summed E-state index contributed by atoms with van der Waals surface area (Å²) in [5, 5.41) is 11.2. The predicted octanol–water partition coefficient (Wildman–Crippen LogP) is 4.28. The quantitative estimate of drug-likeness (QED) is 0.373. The molecule has 0 radical (unpaired) electrons. The molecule has 0 aliphatic carbocycles. The molecule has 0 aliphatic rings. The third-order valence-corrected chi connectivity index (χ3v) is 5.79. The fourth-order valence-corrected chi connectivity index (χ4v) is 4.26. The first kappa shape index (κ1) is 26.6. The molecule has 1 aromatic heterocycles.